The number of aliphatic hydroxyl groups excluding tert-OH is 1. The molecule has 2 atom stereocenters. The average Bonchev–Trinajstić information content (AvgIpc) is 2.77. The summed E-state index contributed by atoms with van der Waals surface area (Å²) < 4.78 is 5.18. The summed E-state index contributed by atoms with van der Waals surface area (Å²) >= 11 is 1.52. The number of anilines is 1. The van der Waals surface area contributed by atoms with Gasteiger partial charge in [0.2, 0.25) is 0 Å². The molecule has 1 aliphatic heterocycles. The van der Waals surface area contributed by atoms with E-state index in [-0.39, 0.29) is 11.2 Å². The first-order valence-electron chi connectivity index (χ1n) is 8.54. The van der Waals surface area contributed by atoms with Crippen LogP contribution in [0.25, 0.3) is 0 Å². The van der Waals surface area contributed by atoms with Crippen molar-refractivity contribution in [1.82, 2.24) is 5.32 Å². The predicted octanol–water partition coefficient (Wildman–Crippen LogP) is 3.09. The van der Waals surface area contributed by atoms with Crippen LogP contribution < -0.4 is 15.0 Å². The van der Waals surface area contributed by atoms with Crippen LogP contribution in [0.4, 0.5) is 5.69 Å². The van der Waals surface area contributed by atoms with Gasteiger partial charge in [0, 0.05) is 11.4 Å². The third-order valence-electron chi connectivity index (χ3n) is 3.98. The molecule has 0 radical (unpaired) electrons. The van der Waals surface area contributed by atoms with E-state index in [1.807, 2.05) is 69.6 Å². The Kier molecular flexibility index (Phi) is 7.50. The molecule has 0 saturated heterocycles. The van der Waals surface area contributed by atoms with Crippen LogP contribution in [-0.4, -0.2) is 44.9 Å². The number of carbonyl (C=O) groups is 1. The van der Waals surface area contributed by atoms with Crippen LogP contribution in [0, 0.1) is 0 Å². The molecular weight excluding hydrogens is 348 g/mol. The fraction of sp³-hybridized carbons (Fsp3) is 0.350. The van der Waals surface area contributed by atoms with Gasteiger partial charge in [-0.25, -0.2) is 0 Å². The summed E-state index contributed by atoms with van der Waals surface area (Å²) in [5.74, 6) is 0.495. The number of amides is 1. The van der Waals surface area contributed by atoms with E-state index in [2.05, 4.69) is 5.32 Å². The highest BCUT2D eigenvalue weighted by Crippen LogP contribution is 2.45. The van der Waals surface area contributed by atoms with Crippen LogP contribution in [-0.2, 0) is 4.79 Å². The summed E-state index contributed by atoms with van der Waals surface area (Å²) in [4.78, 5) is 15.3. The second kappa shape index (κ2) is 9.62. The number of thioether (sulfide) groups is 1. The Bertz CT molecular complexity index is 721. The molecule has 5 nitrogen and oxygen atoms in total. The smallest absolute Gasteiger partial charge is 0.257 e. The number of likely N-dealkylation sites (N-methyl/N-ethyl adjacent to an activating group) is 1. The molecular formula is C20H26N2O3S. The van der Waals surface area contributed by atoms with Crippen molar-refractivity contribution in [3.8, 4) is 5.75 Å². The van der Waals surface area contributed by atoms with Gasteiger partial charge in [-0.15, -0.1) is 11.8 Å². The fourth-order valence-electron chi connectivity index (χ4n) is 2.76. The molecule has 0 aliphatic carbocycles. The first-order valence-corrected chi connectivity index (χ1v) is 9.42. The number of ether oxygens (including phenoxy) is 1. The molecule has 0 aromatic heterocycles. The molecule has 0 bridgehead atoms. The van der Waals surface area contributed by atoms with E-state index in [1.165, 1.54) is 11.8 Å². The molecule has 1 heterocycles. The second-order valence-corrected chi connectivity index (χ2v) is 6.99. The van der Waals surface area contributed by atoms with Crippen molar-refractivity contribution in [2.45, 2.75) is 23.2 Å². The number of rotatable bonds is 3. The lowest BCUT2D eigenvalue weighted by atomic mass is 10.1. The van der Waals surface area contributed by atoms with Crippen LogP contribution in [0.1, 0.15) is 17.7 Å². The summed E-state index contributed by atoms with van der Waals surface area (Å²) in [6.07, 6.45) is -1.08. The lowest BCUT2D eigenvalue weighted by Gasteiger charge is -2.23. The Balaban J connectivity index is 0.000000758. The largest absolute Gasteiger partial charge is 0.497 e. The van der Waals surface area contributed by atoms with Crippen molar-refractivity contribution in [3.63, 3.8) is 0 Å². The quantitative estimate of drug-likeness (QED) is 0.864. The van der Waals surface area contributed by atoms with Crippen molar-refractivity contribution >= 4 is 23.4 Å². The standard InChI is InChI=1S/C18H19NO3S.C2H7N/c1-3-19-14-6-4-5-7-15(14)23-17(16(20)18(19)21)12-8-10-13(22-2)11-9-12;1-3-2/h4-11,16-17,20H,3H2,1-2H3;3H,1-2H3. The van der Waals surface area contributed by atoms with Crippen molar-refractivity contribution in [2.24, 2.45) is 0 Å². The molecule has 26 heavy (non-hydrogen) atoms. The summed E-state index contributed by atoms with van der Waals surface area (Å²) in [5, 5.41) is 13.0. The highest BCUT2D eigenvalue weighted by molar-refractivity contribution is 7.99. The number of nitrogens with one attached hydrogen (secondary N) is 1. The molecule has 6 heteroatoms. The van der Waals surface area contributed by atoms with Crippen molar-refractivity contribution < 1.29 is 14.6 Å². The molecule has 1 amide bonds. The number of carbonyl (C=O) groups excluding carboxylic acids is 1. The van der Waals surface area contributed by atoms with Crippen LogP contribution in [0.15, 0.2) is 53.4 Å². The molecule has 2 aromatic carbocycles. The van der Waals surface area contributed by atoms with Gasteiger partial charge in [0.05, 0.1) is 18.0 Å². The molecule has 0 fully saturated rings. The molecule has 2 N–H and O–H groups in total. The summed E-state index contributed by atoms with van der Waals surface area (Å²) in [6.45, 7) is 2.45. The topological polar surface area (TPSA) is 61.8 Å². The van der Waals surface area contributed by atoms with Gasteiger partial charge in [-0.05, 0) is 50.8 Å². The summed E-state index contributed by atoms with van der Waals surface area (Å²) in [5.41, 5.74) is 1.77. The lowest BCUT2D eigenvalue weighted by molar-refractivity contribution is -0.126. The van der Waals surface area contributed by atoms with Crippen molar-refractivity contribution in [2.75, 3.05) is 32.6 Å². The molecule has 0 spiro atoms. The number of aliphatic hydroxyl groups is 1. The van der Waals surface area contributed by atoms with Gasteiger partial charge < -0.3 is 20.1 Å². The fourth-order valence-corrected chi connectivity index (χ4v) is 4.03. The lowest BCUT2D eigenvalue weighted by Crippen LogP contribution is -2.40. The molecule has 3 rings (SSSR count). The maximum atomic E-state index is 12.7. The molecule has 1 aliphatic rings. The number of hydrogen-bond donors (Lipinski definition) is 2. The minimum Gasteiger partial charge on any atom is -0.497 e. The van der Waals surface area contributed by atoms with Crippen LogP contribution in [0.3, 0.4) is 0 Å². The van der Waals surface area contributed by atoms with Crippen LogP contribution in [0.2, 0.25) is 0 Å². The van der Waals surface area contributed by atoms with Gasteiger partial charge in [0.15, 0.2) is 0 Å². The second-order valence-electron chi connectivity index (χ2n) is 5.81. The number of nitrogens with zero attached hydrogens (tertiary/aromatic N) is 1. The summed E-state index contributed by atoms with van der Waals surface area (Å²) in [7, 11) is 5.36. The van der Waals surface area contributed by atoms with Gasteiger partial charge in [0.25, 0.3) is 5.91 Å². The average molecular weight is 375 g/mol. The third-order valence-corrected chi connectivity index (χ3v) is 5.36. The van der Waals surface area contributed by atoms with Gasteiger partial charge in [-0.2, -0.15) is 0 Å². The van der Waals surface area contributed by atoms with Crippen molar-refractivity contribution in [1.29, 1.82) is 0 Å². The Morgan fingerprint density at radius 3 is 2.35 bits per heavy atom. The number of fused-ring (bicyclic) bond motifs is 1. The Hall–Kier alpha value is -2.02. The first kappa shape index (κ1) is 20.3. The normalized spacial score (nSPS) is 19.1. The first-order chi connectivity index (χ1) is 12.6. The highest BCUT2D eigenvalue weighted by atomic mass is 32.2. The van der Waals surface area contributed by atoms with Gasteiger partial charge in [-0.3, -0.25) is 4.79 Å². The number of hydrogen-bond acceptors (Lipinski definition) is 5. The number of benzene rings is 2. The highest BCUT2D eigenvalue weighted by Gasteiger charge is 2.36. The summed E-state index contributed by atoms with van der Waals surface area (Å²) in [6, 6.07) is 15.3. The van der Waals surface area contributed by atoms with Gasteiger partial charge in [0.1, 0.15) is 11.9 Å². The minimum atomic E-state index is -1.08. The van der Waals surface area contributed by atoms with E-state index in [4.69, 9.17) is 4.74 Å². The van der Waals surface area contributed by atoms with Crippen molar-refractivity contribution in [3.05, 3.63) is 54.1 Å². The SMILES string of the molecule is CCN1C(=O)C(O)C(c2ccc(OC)cc2)Sc2ccccc21.CNC. The monoisotopic (exact) mass is 374 g/mol. The number of para-hydroxylation sites is 1. The Morgan fingerprint density at radius 2 is 1.77 bits per heavy atom. The minimum absolute atomic E-state index is 0.259. The molecule has 0 saturated carbocycles. The van der Waals surface area contributed by atoms with E-state index >= 15 is 0 Å². The molecule has 2 aromatic rings. The zero-order valence-electron chi connectivity index (χ0n) is 15.6. The van der Waals surface area contributed by atoms with E-state index < -0.39 is 6.10 Å². The predicted molar refractivity (Wildman–Crippen MR) is 107 cm³/mol. The third kappa shape index (κ3) is 4.38. The van der Waals surface area contributed by atoms with Crippen LogP contribution >= 0.6 is 11.8 Å². The molecule has 2 unspecified atom stereocenters. The van der Waals surface area contributed by atoms with E-state index in [0.29, 0.717) is 6.54 Å². The Labute approximate surface area is 159 Å². The van der Waals surface area contributed by atoms with E-state index in [9.17, 15) is 9.90 Å². The van der Waals surface area contributed by atoms with E-state index in [0.717, 1.165) is 21.9 Å². The zero-order valence-corrected chi connectivity index (χ0v) is 16.4. The van der Waals surface area contributed by atoms with Gasteiger partial charge in [-0.1, -0.05) is 24.3 Å². The zero-order chi connectivity index (χ0) is 19.1. The van der Waals surface area contributed by atoms with Crippen LogP contribution in [0.5, 0.6) is 5.75 Å². The maximum Gasteiger partial charge on any atom is 0.257 e. The van der Waals surface area contributed by atoms with E-state index in [1.54, 1.807) is 12.0 Å². The number of methoxy groups -OCH3 is 1. The maximum absolute atomic E-state index is 12.7. The Morgan fingerprint density at radius 1 is 1.15 bits per heavy atom. The van der Waals surface area contributed by atoms with Gasteiger partial charge >= 0.3 is 0 Å². The molecule has 140 valence electrons.